The quantitative estimate of drug-likeness (QED) is 0.765. The summed E-state index contributed by atoms with van der Waals surface area (Å²) in [6.45, 7) is 4.88. The van der Waals surface area contributed by atoms with Crippen molar-refractivity contribution in [2.75, 3.05) is 33.9 Å². The molecule has 0 N–H and O–H groups in total. The van der Waals surface area contributed by atoms with Crippen LogP contribution < -0.4 is 4.74 Å². The van der Waals surface area contributed by atoms with Crippen LogP contribution in [-0.2, 0) is 11.2 Å². The molecule has 1 aromatic rings. The monoisotopic (exact) mass is 277 g/mol. The third kappa shape index (κ3) is 5.14. The van der Waals surface area contributed by atoms with E-state index in [1.807, 2.05) is 0 Å². The Balaban J connectivity index is 1.71. The van der Waals surface area contributed by atoms with Gasteiger partial charge in [-0.1, -0.05) is 19.1 Å². The minimum atomic E-state index is 0.459. The lowest BCUT2D eigenvalue weighted by Crippen LogP contribution is -2.19. The summed E-state index contributed by atoms with van der Waals surface area (Å²) >= 11 is 0. The standard InChI is InChI=1S/C17H27NO2/c1-14-12-17(20-13-14)9-6-15-4-7-16(8-5-15)19-11-10-18(2)3/h4-5,7-8,14,17H,6,9-13H2,1-3H3/t14-,17?/m1/s1. The zero-order valence-electron chi connectivity index (χ0n) is 13.0. The number of hydrogen-bond donors (Lipinski definition) is 0. The lowest BCUT2D eigenvalue weighted by molar-refractivity contribution is 0.101. The first-order valence-corrected chi connectivity index (χ1v) is 7.61. The molecule has 1 aliphatic rings. The fraction of sp³-hybridized carbons (Fsp3) is 0.647. The van der Waals surface area contributed by atoms with Crippen LogP contribution in [0.2, 0.25) is 0 Å². The molecule has 0 bridgehead atoms. The molecule has 3 heteroatoms. The molecule has 1 aliphatic heterocycles. The third-order valence-corrected chi connectivity index (χ3v) is 3.77. The molecular weight excluding hydrogens is 250 g/mol. The maximum absolute atomic E-state index is 5.76. The van der Waals surface area contributed by atoms with Gasteiger partial charge in [0.15, 0.2) is 0 Å². The topological polar surface area (TPSA) is 21.7 Å². The van der Waals surface area contributed by atoms with Crippen molar-refractivity contribution >= 4 is 0 Å². The molecule has 1 saturated heterocycles. The van der Waals surface area contributed by atoms with E-state index in [-0.39, 0.29) is 0 Å². The molecule has 0 radical (unpaired) electrons. The van der Waals surface area contributed by atoms with Crippen molar-refractivity contribution < 1.29 is 9.47 Å². The molecule has 2 atom stereocenters. The first-order valence-electron chi connectivity index (χ1n) is 7.61. The number of aryl methyl sites for hydroxylation is 1. The van der Waals surface area contributed by atoms with Crippen molar-refractivity contribution in [3.05, 3.63) is 29.8 Å². The van der Waals surface area contributed by atoms with Gasteiger partial charge in [-0.25, -0.2) is 0 Å². The number of ether oxygens (including phenoxy) is 2. The molecular formula is C17H27NO2. The Hall–Kier alpha value is -1.06. The first-order chi connectivity index (χ1) is 9.63. The predicted molar refractivity (Wildman–Crippen MR) is 82.3 cm³/mol. The molecule has 20 heavy (non-hydrogen) atoms. The van der Waals surface area contributed by atoms with Crippen LogP contribution in [0.3, 0.4) is 0 Å². The third-order valence-electron chi connectivity index (χ3n) is 3.77. The second-order valence-electron chi connectivity index (χ2n) is 6.13. The van der Waals surface area contributed by atoms with E-state index < -0.39 is 0 Å². The van der Waals surface area contributed by atoms with Gasteiger partial charge in [0.25, 0.3) is 0 Å². The smallest absolute Gasteiger partial charge is 0.119 e. The minimum Gasteiger partial charge on any atom is -0.492 e. The number of nitrogens with zero attached hydrogens (tertiary/aromatic N) is 1. The molecule has 1 fully saturated rings. The summed E-state index contributed by atoms with van der Waals surface area (Å²) in [6.07, 6.45) is 3.90. The van der Waals surface area contributed by atoms with Gasteiger partial charge in [0.2, 0.25) is 0 Å². The normalized spacial score (nSPS) is 22.4. The summed E-state index contributed by atoms with van der Waals surface area (Å²) in [6, 6.07) is 8.49. The van der Waals surface area contributed by atoms with E-state index in [4.69, 9.17) is 9.47 Å². The van der Waals surface area contributed by atoms with Crippen molar-refractivity contribution in [2.45, 2.75) is 32.3 Å². The molecule has 0 saturated carbocycles. The second kappa shape index (κ2) is 7.65. The lowest BCUT2D eigenvalue weighted by Gasteiger charge is -2.12. The Bertz CT molecular complexity index is 388. The van der Waals surface area contributed by atoms with Gasteiger partial charge in [-0.3, -0.25) is 0 Å². The zero-order chi connectivity index (χ0) is 14.4. The van der Waals surface area contributed by atoms with E-state index in [0.717, 1.165) is 44.3 Å². The van der Waals surface area contributed by atoms with Crippen LogP contribution >= 0.6 is 0 Å². The van der Waals surface area contributed by atoms with Gasteiger partial charge in [0.1, 0.15) is 12.4 Å². The van der Waals surface area contributed by atoms with E-state index in [0.29, 0.717) is 6.10 Å². The minimum absolute atomic E-state index is 0.459. The molecule has 0 aliphatic carbocycles. The predicted octanol–water partition coefficient (Wildman–Crippen LogP) is 2.98. The maximum atomic E-state index is 5.76. The molecule has 112 valence electrons. The van der Waals surface area contributed by atoms with Crippen LogP contribution in [0.25, 0.3) is 0 Å². The van der Waals surface area contributed by atoms with Crippen LogP contribution in [0.4, 0.5) is 0 Å². The number of hydrogen-bond acceptors (Lipinski definition) is 3. The van der Waals surface area contributed by atoms with Crippen LogP contribution in [0.15, 0.2) is 24.3 Å². The average Bonchev–Trinajstić information content (AvgIpc) is 2.83. The van der Waals surface area contributed by atoms with E-state index in [1.54, 1.807) is 0 Å². The Labute approximate surface area is 122 Å². The number of benzene rings is 1. The molecule has 0 amide bonds. The van der Waals surface area contributed by atoms with Crippen molar-refractivity contribution in [1.82, 2.24) is 4.90 Å². The highest BCUT2D eigenvalue weighted by atomic mass is 16.5. The fourth-order valence-electron chi connectivity index (χ4n) is 2.51. The van der Waals surface area contributed by atoms with Gasteiger partial charge in [0, 0.05) is 13.2 Å². The molecule has 2 rings (SSSR count). The summed E-state index contributed by atoms with van der Waals surface area (Å²) in [7, 11) is 4.11. The zero-order valence-corrected chi connectivity index (χ0v) is 13.0. The van der Waals surface area contributed by atoms with Crippen LogP contribution in [0, 0.1) is 5.92 Å². The Kier molecular flexibility index (Phi) is 5.86. The van der Waals surface area contributed by atoms with Gasteiger partial charge in [-0.15, -0.1) is 0 Å². The highest BCUT2D eigenvalue weighted by Gasteiger charge is 2.21. The SMILES string of the molecule is C[C@H]1COC(CCc2ccc(OCCN(C)C)cc2)C1. The highest BCUT2D eigenvalue weighted by molar-refractivity contribution is 5.27. The molecule has 0 aromatic heterocycles. The Morgan fingerprint density at radius 2 is 2.00 bits per heavy atom. The summed E-state index contributed by atoms with van der Waals surface area (Å²) < 4.78 is 11.5. The molecule has 1 aromatic carbocycles. The lowest BCUT2D eigenvalue weighted by atomic mass is 10.0. The van der Waals surface area contributed by atoms with Crippen molar-refractivity contribution in [1.29, 1.82) is 0 Å². The van der Waals surface area contributed by atoms with E-state index in [9.17, 15) is 0 Å². The summed E-state index contributed by atoms with van der Waals surface area (Å²) in [5.41, 5.74) is 1.37. The van der Waals surface area contributed by atoms with E-state index >= 15 is 0 Å². The van der Waals surface area contributed by atoms with Crippen LogP contribution in [0.1, 0.15) is 25.3 Å². The molecule has 1 unspecified atom stereocenters. The molecule has 3 nitrogen and oxygen atoms in total. The highest BCUT2D eigenvalue weighted by Crippen LogP contribution is 2.23. The van der Waals surface area contributed by atoms with Gasteiger partial charge < -0.3 is 14.4 Å². The first kappa shape index (κ1) is 15.3. The Morgan fingerprint density at radius 3 is 2.60 bits per heavy atom. The van der Waals surface area contributed by atoms with E-state index in [1.165, 1.54) is 12.0 Å². The van der Waals surface area contributed by atoms with Gasteiger partial charge in [-0.05, 0) is 57.0 Å². The van der Waals surface area contributed by atoms with Crippen LogP contribution in [0.5, 0.6) is 5.75 Å². The number of rotatable bonds is 7. The van der Waals surface area contributed by atoms with Crippen molar-refractivity contribution in [3.8, 4) is 5.75 Å². The van der Waals surface area contributed by atoms with Gasteiger partial charge in [0.05, 0.1) is 6.10 Å². The largest absolute Gasteiger partial charge is 0.492 e. The van der Waals surface area contributed by atoms with E-state index in [2.05, 4.69) is 50.2 Å². The summed E-state index contributed by atoms with van der Waals surface area (Å²) in [5.74, 6) is 1.69. The molecule has 0 spiro atoms. The molecule has 1 heterocycles. The maximum Gasteiger partial charge on any atom is 0.119 e. The van der Waals surface area contributed by atoms with Gasteiger partial charge >= 0.3 is 0 Å². The van der Waals surface area contributed by atoms with Gasteiger partial charge in [-0.2, -0.15) is 0 Å². The second-order valence-corrected chi connectivity index (χ2v) is 6.13. The summed E-state index contributed by atoms with van der Waals surface area (Å²) in [4.78, 5) is 2.12. The Morgan fingerprint density at radius 1 is 1.25 bits per heavy atom. The average molecular weight is 277 g/mol. The van der Waals surface area contributed by atoms with Crippen molar-refractivity contribution in [2.24, 2.45) is 5.92 Å². The van der Waals surface area contributed by atoms with Crippen molar-refractivity contribution in [3.63, 3.8) is 0 Å². The van der Waals surface area contributed by atoms with Crippen LogP contribution in [-0.4, -0.2) is 44.9 Å². The number of likely N-dealkylation sites (N-methyl/N-ethyl adjacent to an activating group) is 1. The summed E-state index contributed by atoms with van der Waals surface area (Å²) in [5, 5.41) is 0. The fourth-order valence-corrected chi connectivity index (χ4v) is 2.51.